The highest BCUT2D eigenvalue weighted by Gasteiger charge is 2.50. The number of aliphatic imine (C=N–C) groups is 1. The molecule has 1 saturated carbocycles. The lowest BCUT2D eigenvalue weighted by Crippen LogP contribution is -2.50. The third kappa shape index (κ3) is 7.21. The third-order valence-electron chi connectivity index (χ3n) is 7.83. The third-order valence-corrected chi connectivity index (χ3v) is 7.83. The fourth-order valence-electron chi connectivity index (χ4n) is 6.04. The number of hydrogen-bond donors (Lipinski definition) is 0. The maximum absolute atomic E-state index is 13.5. The molecule has 0 aromatic heterocycles. The van der Waals surface area contributed by atoms with Crippen LogP contribution < -0.4 is 0 Å². The van der Waals surface area contributed by atoms with Crippen molar-refractivity contribution < 1.29 is 28.2 Å². The summed E-state index contributed by atoms with van der Waals surface area (Å²) in [5.74, 6) is 0.313. The van der Waals surface area contributed by atoms with Gasteiger partial charge in [-0.05, 0) is 69.3 Å². The smallest absolute Gasteiger partial charge is 0.469 e. The molecule has 9 heteroatoms. The number of nitrogens with zero attached hydrogens (tertiary/aromatic N) is 3. The van der Waals surface area contributed by atoms with Gasteiger partial charge in [-0.2, -0.15) is 0 Å². The molecule has 0 amide bonds. The molecule has 1 aromatic rings. The topological polar surface area (TPSA) is 80.7 Å². The minimum Gasteiger partial charge on any atom is -0.469 e. The van der Waals surface area contributed by atoms with Gasteiger partial charge in [0.25, 0.3) is 0 Å². The van der Waals surface area contributed by atoms with E-state index in [0.717, 1.165) is 50.6 Å². The van der Waals surface area contributed by atoms with Crippen molar-refractivity contribution >= 4 is 18.5 Å². The van der Waals surface area contributed by atoms with Crippen molar-refractivity contribution in [2.75, 3.05) is 34.9 Å². The zero-order valence-corrected chi connectivity index (χ0v) is 22.8. The number of benzene rings is 1. The van der Waals surface area contributed by atoms with Gasteiger partial charge in [-0.15, -0.1) is 0 Å². The summed E-state index contributed by atoms with van der Waals surface area (Å²) in [5, 5.41) is 0. The molecule has 3 rings (SSSR count). The number of carbonyl (C=O) groups is 2. The molecule has 2 aliphatic rings. The summed E-state index contributed by atoms with van der Waals surface area (Å²) < 4.78 is 29.0. The van der Waals surface area contributed by atoms with Gasteiger partial charge in [-0.3, -0.25) is 4.79 Å². The number of hydrogen-bond acceptors (Lipinski definition) is 8. The molecule has 1 fully saturated rings. The van der Waals surface area contributed by atoms with Crippen LogP contribution in [-0.2, 0) is 19.0 Å². The van der Waals surface area contributed by atoms with E-state index in [0.29, 0.717) is 11.8 Å². The van der Waals surface area contributed by atoms with Crippen LogP contribution in [0.2, 0.25) is 0 Å². The van der Waals surface area contributed by atoms with Crippen molar-refractivity contribution in [2.24, 2.45) is 16.8 Å². The quantitative estimate of drug-likeness (QED) is 0.373. The van der Waals surface area contributed by atoms with Crippen LogP contribution in [0, 0.1) is 17.7 Å². The van der Waals surface area contributed by atoms with E-state index in [9.17, 15) is 14.0 Å². The van der Waals surface area contributed by atoms with E-state index in [1.54, 1.807) is 6.34 Å². The lowest BCUT2D eigenvalue weighted by atomic mass is 9.73. The molecule has 0 spiro atoms. The van der Waals surface area contributed by atoms with Crippen LogP contribution in [0.4, 0.5) is 9.18 Å². The Kier molecular flexibility index (Phi) is 10.3. The van der Waals surface area contributed by atoms with Crippen LogP contribution >= 0.6 is 0 Å². The maximum atomic E-state index is 13.5. The lowest BCUT2D eigenvalue weighted by Gasteiger charge is -2.41. The van der Waals surface area contributed by atoms with E-state index < -0.39 is 11.9 Å². The monoisotopic (exact) mass is 519 g/mol. The van der Waals surface area contributed by atoms with Gasteiger partial charge in [0, 0.05) is 19.0 Å². The highest BCUT2D eigenvalue weighted by atomic mass is 19.1. The summed E-state index contributed by atoms with van der Waals surface area (Å²) in [7, 11) is 6.79. The predicted molar refractivity (Wildman–Crippen MR) is 140 cm³/mol. The van der Waals surface area contributed by atoms with Gasteiger partial charge in [0.1, 0.15) is 5.82 Å². The number of methoxy groups -OCH3 is 2. The van der Waals surface area contributed by atoms with E-state index in [1.807, 2.05) is 12.1 Å². The van der Waals surface area contributed by atoms with E-state index in [1.165, 1.54) is 26.4 Å². The highest BCUT2D eigenvalue weighted by Crippen LogP contribution is 2.43. The van der Waals surface area contributed by atoms with Gasteiger partial charge in [-0.1, -0.05) is 31.9 Å². The summed E-state index contributed by atoms with van der Waals surface area (Å²) in [6.07, 6.45) is 7.19. The fraction of sp³-hybridized carbons (Fsp3) is 0.679. The molecular weight excluding hydrogens is 477 g/mol. The van der Waals surface area contributed by atoms with Gasteiger partial charge in [-0.25, -0.2) is 14.2 Å². The molecule has 3 unspecified atom stereocenters. The Labute approximate surface area is 220 Å². The second-order valence-corrected chi connectivity index (χ2v) is 10.5. The molecule has 37 heavy (non-hydrogen) atoms. The lowest BCUT2D eigenvalue weighted by molar-refractivity contribution is -0.143. The molecule has 1 aliphatic carbocycles. The highest BCUT2D eigenvalue weighted by molar-refractivity contribution is 5.70. The van der Waals surface area contributed by atoms with Crippen LogP contribution in [0.1, 0.15) is 69.9 Å². The standard InChI is InChI=1S/C28H42FN3O5/c1-6-17-32-19-30-28(37-27(34)36-5,16-15-25(33)35-4)24(32)18-20-7-9-21(10-8-20)26(31(2)3)22-11-13-23(29)14-12-22/h11-14,19-21,24,26H,6-10,15-18H2,1-5H3. The Balaban J connectivity index is 1.74. The van der Waals surface area contributed by atoms with E-state index in [4.69, 9.17) is 14.2 Å². The van der Waals surface area contributed by atoms with E-state index in [2.05, 4.69) is 35.8 Å². The molecular formula is C28H42FN3O5. The molecule has 0 saturated heterocycles. The van der Waals surface area contributed by atoms with Crippen LogP contribution in [0.5, 0.6) is 0 Å². The molecule has 0 bridgehead atoms. The van der Waals surface area contributed by atoms with Gasteiger partial charge < -0.3 is 24.0 Å². The Morgan fingerprint density at radius 1 is 1.14 bits per heavy atom. The first kappa shape index (κ1) is 28.9. The van der Waals surface area contributed by atoms with Crippen molar-refractivity contribution in [1.29, 1.82) is 0 Å². The summed E-state index contributed by atoms with van der Waals surface area (Å²) >= 11 is 0. The van der Waals surface area contributed by atoms with Gasteiger partial charge in [0.2, 0.25) is 5.72 Å². The summed E-state index contributed by atoms with van der Waals surface area (Å²) in [5.41, 5.74) is -0.0467. The van der Waals surface area contributed by atoms with Crippen molar-refractivity contribution in [2.45, 2.75) is 76.1 Å². The Hall–Kier alpha value is -2.68. The van der Waals surface area contributed by atoms with Gasteiger partial charge in [0.15, 0.2) is 0 Å². The number of esters is 1. The maximum Gasteiger partial charge on any atom is 0.510 e. The Morgan fingerprint density at radius 2 is 1.81 bits per heavy atom. The minimum atomic E-state index is -1.19. The zero-order chi connectivity index (χ0) is 27.0. The summed E-state index contributed by atoms with van der Waals surface area (Å²) in [4.78, 5) is 33.3. The van der Waals surface area contributed by atoms with Gasteiger partial charge >= 0.3 is 12.1 Å². The van der Waals surface area contributed by atoms with Crippen LogP contribution in [0.25, 0.3) is 0 Å². The number of carbonyl (C=O) groups excluding carboxylic acids is 2. The average Bonchev–Trinajstić information content (AvgIpc) is 3.21. The average molecular weight is 520 g/mol. The summed E-state index contributed by atoms with van der Waals surface area (Å²) in [6.45, 7) is 2.88. The molecule has 3 atom stereocenters. The van der Waals surface area contributed by atoms with E-state index in [-0.39, 0.29) is 36.7 Å². The largest absolute Gasteiger partial charge is 0.510 e. The molecule has 0 radical (unpaired) electrons. The van der Waals surface area contributed by atoms with Crippen molar-refractivity contribution in [1.82, 2.24) is 9.80 Å². The van der Waals surface area contributed by atoms with Crippen LogP contribution in [0.15, 0.2) is 29.3 Å². The number of halogens is 1. The molecule has 1 aromatic carbocycles. The Morgan fingerprint density at radius 3 is 2.38 bits per heavy atom. The zero-order valence-electron chi connectivity index (χ0n) is 22.8. The molecule has 206 valence electrons. The molecule has 8 nitrogen and oxygen atoms in total. The first-order valence-electron chi connectivity index (χ1n) is 13.3. The second kappa shape index (κ2) is 13.2. The van der Waals surface area contributed by atoms with Crippen LogP contribution in [-0.4, -0.2) is 74.9 Å². The number of rotatable bonds is 11. The first-order valence-corrected chi connectivity index (χ1v) is 13.3. The Bertz CT molecular complexity index is 917. The minimum absolute atomic E-state index is 0.0935. The number of ether oxygens (including phenoxy) is 3. The van der Waals surface area contributed by atoms with Gasteiger partial charge in [0.05, 0.1) is 33.0 Å². The molecule has 1 aliphatic heterocycles. The molecule has 0 N–H and O–H groups in total. The second-order valence-electron chi connectivity index (χ2n) is 10.5. The SMILES string of the molecule is CCCN1C=NC(CCC(=O)OC)(OC(=O)OC)C1CC1CCC(C(c2ccc(F)cc2)N(C)C)CC1. The van der Waals surface area contributed by atoms with E-state index >= 15 is 0 Å². The van der Waals surface area contributed by atoms with Crippen molar-refractivity contribution in [3.8, 4) is 0 Å². The fourth-order valence-corrected chi connectivity index (χ4v) is 6.04. The predicted octanol–water partition coefficient (Wildman–Crippen LogP) is 5.18. The first-order chi connectivity index (χ1) is 17.7. The van der Waals surface area contributed by atoms with Crippen molar-refractivity contribution in [3.05, 3.63) is 35.6 Å². The normalized spacial score (nSPS) is 26.2. The summed E-state index contributed by atoms with van der Waals surface area (Å²) in [6, 6.07) is 6.91. The van der Waals surface area contributed by atoms with Crippen molar-refractivity contribution in [3.63, 3.8) is 0 Å². The molecule has 1 heterocycles. The van der Waals surface area contributed by atoms with Crippen LogP contribution in [0.3, 0.4) is 0 Å².